The largest absolute Gasteiger partial charge is 0.483 e. The van der Waals surface area contributed by atoms with Gasteiger partial charge in [-0.25, -0.2) is 0 Å². The third kappa shape index (κ3) is 2.99. The van der Waals surface area contributed by atoms with Crippen molar-refractivity contribution in [1.29, 1.82) is 0 Å². The van der Waals surface area contributed by atoms with Crippen LogP contribution in [0.3, 0.4) is 0 Å². The summed E-state index contributed by atoms with van der Waals surface area (Å²) in [6, 6.07) is 6.86. The number of hydrogen-bond acceptors (Lipinski definition) is 4. The summed E-state index contributed by atoms with van der Waals surface area (Å²) in [6.45, 7) is 1.13. The van der Waals surface area contributed by atoms with E-state index in [0.717, 1.165) is 5.56 Å². The highest BCUT2D eigenvalue weighted by atomic mass is 19.4. The average Bonchev–Trinajstić information content (AvgIpc) is 2.88. The summed E-state index contributed by atoms with van der Waals surface area (Å²) in [4.78, 5) is 12.4. The second-order valence-corrected chi connectivity index (χ2v) is 6.37. The lowest BCUT2D eigenvalue weighted by atomic mass is 9.80. The number of amides is 1. The molecule has 1 aromatic carbocycles. The number of carbonyl (C=O) groups is 1. The zero-order chi connectivity index (χ0) is 18.2. The third-order valence-electron chi connectivity index (χ3n) is 4.71. The molecular weight excluding hydrogens is 337 g/mol. The number of carbonyl (C=O) groups excluding carboxylic acids is 1. The Hall–Kier alpha value is -2.09. The molecule has 3 rings (SSSR count). The maximum atomic E-state index is 13.6. The Bertz CT molecular complexity index is 705. The Kier molecular flexibility index (Phi) is 4.49. The van der Waals surface area contributed by atoms with Crippen LogP contribution < -0.4 is 4.74 Å². The Balaban J connectivity index is 1.82. The zero-order valence-corrected chi connectivity index (χ0v) is 13.7. The second-order valence-electron chi connectivity index (χ2n) is 6.37. The van der Waals surface area contributed by atoms with Gasteiger partial charge in [0, 0.05) is 5.71 Å². The molecule has 1 aliphatic heterocycles. The quantitative estimate of drug-likeness (QED) is 0.906. The first-order valence-electron chi connectivity index (χ1n) is 8.13. The lowest BCUT2D eigenvalue weighted by molar-refractivity contribution is -0.317. The molecule has 0 saturated heterocycles. The van der Waals surface area contributed by atoms with Gasteiger partial charge in [-0.1, -0.05) is 24.6 Å². The van der Waals surface area contributed by atoms with Crippen LogP contribution in [0.2, 0.25) is 0 Å². The summed E-state index contributed by atoms with van der Waals surface area (Å²) in [5.74, 6) is -1.83. The van der Waals surface area contributed by atoms with E-state index in [0.29, 0.717) is 25.0 Å². The Morgan fingerprint density at radius 3 is 2.80 bits per heavy atom. The van der Waals surface area contributed by atoms with Gasteiger partial charge in [0.05, 0.1) is 5.92 Å². The van der Waals surface area contributed by atoms with Gasteiger partial charge in [-0.2, -0.15) is 23.3 Å². The summed E-state index contributed by atoms with van der Waals surface area (Å²) in [5.41, 5.74) is -2.31. The van der Waals surface area contributed by atoms with Crippen molar-refractivity contribution in [3.63, 3.8) is 0 Å². The fraction of sp³-hybridized carbons (Fsp3) is 0.529. The van der Waals surface area contributed by atoms with Crippen LogP contribution in [-0.4, -0.2) is 40.2 Å². The van der Waals surface area contributed by atoms with Gasteiger partial charge >= 0.3 is 6.18 Å². The molecule has 136 valence electrons. The Labute approximate surface area is 143 Å². The highest BCUT2D eigenvalue weighted by Gasteiger charge is 2.68. The zero-order valence-electron chi connectivity index (χ0n) is 13.7. The minimum Gasteiger partial charge on any atom is -0.483 e. The number of ether oxygens (including phenoxy) is 1. The summed E-state index contributed by atoms with van der Waals surface area (Å²) < 4.78 is 46.1. The monoisotopic (exact) mass is 356 g/mol. The highest BCUT2D eigenvalue weighted by molar-refractivity contribution is 5.93. The molecule has 8 heteroatoms. The summed E-state index contributed by atoms with van der Waals surface area (Å²) in [6.07, 6.45) is -3.24. The predicted molar refractivity (Wildman–Crippen MR) is 83.9 cm³/mol. The van der Waals surface area contributed by atoms with E-state index in [1.165, 1.54) is 0 Å². The molecule has 25 heavy (non-hydrogen) atoms. The molecule has 0 aromatic heterocycles. The lowest BCUT2D eigenvalue weighted by Crippen LogP contribution is -2.62. The number of nitrogens with zero attached hydrogens (tertiary/aromatic N) is 2. The van der Waals surface area contributed by atoms with Crippen molar-refractivity contribution >= 4 is 11.6 Å². The van der Waals surface area contributed by atoms with Crippen molar-refractivity contribution in [3.05, 3.63) is 29.8 Å². The highest BCUT2D eigenvalue weighted by Crippen LogP contribution is 2.48. The van der Waals surface area contributed by atoms with Gasteiger partial charge in [0.15, 0.2) is 6.61 Å². The van der Waals surface area contributed by atoms with E-state index in [4.69, 9.17) is 4.74 Å². The Morgan fingerprint density at radius 2 is 2.12 bits per heavy atom. The number of hydrazone groups is 1. The topological polar surface area (TPSA) is 62.1 Å². The first-order valence-corrected chi connectivity index (χ1v) is 8.13. The maximum absolute atomic E-state index is 13.6. The predicted octanol–water partition coefficient (Wildman–Crippen LogP) is 3.01. The van der Waals surface area contributed by atoms with Crippen molar-refractivity contribution in [1.82, 2.24) is 5.01 Å². The maximum Gasteiger partial charge on any atom is 0.439 e. The van der Waals surface area contributed by atoms with Crippen molar-refractivity contribution in [2.75, 3.05) is 6.61 Å². The first-order chi connectivity index (χ1) is 11.7. The number of benzene rings is 1. The number of rotatable bonds is 3. The van der Waals surface area contributed by atoms with Gasteiger partial charge < -0.3 is 9.84 Å². The van der Waals surface area contributed by atoms with Crippen LogP contribution in [0.4, 0.5) is 13.2 Å². The van der Waals surface area contributed by atoms with Gasteiger partial charge in [0.2, 0.25) is 0 Å². The van der Waals surface area contributed by atoms with Crippen LogP contribution in [0.1, 0.15) is 31.2 Å². The van der Waals surface area contributed by atoms with Gasteiger partial charge in [-0.05, 0) is 37.8 Å². The van der Waals surface area contributed by atoms with E-state index in [-0.39, 0.29) is 17.1 Å². The molecule has 0 radical (unpaired) electrons. The van der Waals surface area contributed by atoms with Crippen molar-refractivity contribution in [3.8, 4) is 5.75 Å². The normalized spacial score (nSPS) is 26.2. The van der Waals surface area contributed by atoms with Crippen molar-refractivity contribution in [2.45, 2.75) is 44.5 Å². The molecule has 1 fully saturated rings. The van der Waals surface area contributed by atoms with Gasteiger partial charge in [0.25, 0.3) is 11.6 Å². The smallest absolute Gasteiger partial charge is 0.439 e. The van der Waals surface area contributed by atoms with E-state index in [1.807, 2.05) is 0 Å². The summed E-state index contributed by atoms with van der Waals surface area (Å²) in [5, 5.41) is 14.4. The fourth-order valence-corrected chi connectivity index (χ4v) is 3.38. The number of halogens is 3. The minimum absolute atomic E-state index is 0.150. The number of hydrogen-bond donors (Lipinski definition) is 1. The molecule has 1 heterocycles. The van der Waals surface area contributed by atoms with E-state index in [9.17, 15) is 23.1 Å². The second kappa shape index (κ2) is 6.33. The van der Waals surface area contributed by atoms with Crippen molar-refractivity contribution < 1.29 is 27.8 Å². The molecular formula is C17H19F3N2O3. The molecule has 2 atom stereocenters. The molecule has 5 nitrogen and oxygen atoms in total. The molecule has 0 unspecified atom stereocenters. The molecule has 1 N–H and O–H groups in total. The lowest BCUT2D eigenvalue weighted by Gasteiger charge is -2.38. The number of para-hydroxylation sites is 1. The molecule has 1 aliphatic carbocycles. The number of fused-ring (bicyclic) bond motifs is 1. The van der Waals surface area contributed by atoms with Crippen LogP contribution in [-0.2, 0) is 4.79 Å². The van der Waals surface area contributed by atoms with Crippen LogP contribution >= 0.6 is 0 Å². The molecule has 0 bridgehead atoms. The van der Waals surface area contributed by atoms with Gasteiger partial charge in [-0.3, -0.25) is 4.79 Å². The van der Waals surface area contributed by atoms with E-state index in [2.05, 4.69) is 5.10 Å². The van der Waals surface area contributed by atoms with Crippen LogP contribution in [0.25, 0.3) is 0 Å². The van der Waals surface area contributed by atoms with Crippen LogP contribution in [0.15, 0.2) is 29.4 Å². The molecule has 1 aromatic rings. The molecule has 1 amide bonds. The first kappa shape index (κ1) is 17.7. The van der Waals surface area contributed by atoms with Crippen LogP contribution in [0, 0.1) is 12.8 Å². The standard InChI is InChI=1S/C17H19F3N2O3/c1-11-6-2-5-9-14(11)25-10-15(23)22-16(24,17(18,19)20)12-7-3-4-8-13(12)21-22/h2,5-6,9,12,24H,3-4,7-8,10H2,1H3/t12-,16-/m1/s1. The molecule has 1 saturated carbocycles. The number of aryl methyl sites for hydroxylation is 1. The summed E-state index contributed by atoms with van der Waals surface area (Å²) in [7, 11) is 0. The Morgan fingerprint density at radius 1 is 1.40 bits per heavy atom. The van der Waals surface area contributed by atoms with Gasteiger partial charge in [0.1, 0.15) is 5.75 Å². The molecule has 0 spiro atoms. The SMILES string of the molecule is Cc1ccccc1OCC(=O)N1N=C2CCCC[C@H]2[C@@]1(O)C(F)(F)F. The van der Waals surface area contributed by atoms with Gasteiger partial charge in [-0.15, -0.1) is 0 Å². The summed E-state index contributed by atoms with van der Waals surface area (Å²) >= 11 is 0. The van der Waals surface area contributed by atoms with Crippen molar-refractivity contribution in [2.24, 2.45) is 11.0 Å². The van der Waals surface area contributed by atoms with E-state index < -0.39 is 30.3 Å². The minimum atomic E-state index is -5.00. The van der Waals surface area contributed by atoms with E-state index in [1.54, 1.807) is 31.2 Å². The average molecular weight is 356 g/mol. The molecule has 2 aliphatic rings. The third-order valence-corrected chi connectivity index (χ3v) is 4.71. The fourth-order valence-electron chi connectivity index (χ4n) is 3.38. The number of aliphatic hydroxyl groups is 1. The van der Waals surface area contributed by atoms with Crippen LogP contribution in [0.5, 0.6) is 5.75 Å². The number of alkyl halides is 3. The van der Waals surface area contributed by atoms with E-state index >= 15 is 0 Å².